The third-order valence-electron chi connectivity index (χ3n) is 2.99. The normalized spacial score (nSPS) is 19.2. The van der Waals surface area contributed by atoms with Gasteiger partial charge in [0.2, 0.25) is 5.95 Å². The maximum Gasteiger partial charge on any atom is 0.224 e. The van der Waals surface area contributed by atoms with Crippen LogP contribution in [-0.2, 0) is 4.74 Å². The van der Waals surface area contributed by atoms with E-state index in [-0.39, 0.29) is 0 Å². The van der Waals surface area contributed by atoms with Gasteiger partial charge in [-0.3, -0.25) is 0 Å². The fourth-order valence-corrected chi connectivity index (χ4v) is 2.08. The number of rotatable bonds is 4. The van der Waals surface area contributed by atoms with E-state index in [1.165, 1.54) is 12.8 Å². The molecule has 18 heavy (non-hydrogen) atoms. The lowest BCUT2D eigenvalue weighted by molar-refractivity contribution is 0.0134. The molecule has 0 aromatic carbocycles. The monoisotopic (exact) mass is 246 g/mol. The van der Waals surface area contributed by atoms with E-state index in [0.717, 1.165) is 31.7 Å². The summed E-state index contributed by atoms with van der Waals surface area (Å²) in [6.45, 7) is 3.52. The van der Waals surface area contributed by atoms with E-state index in [9.17, 15) is 0 Å². The number of nitrogens with one attached hydrogen (secondary N) is 1. The van der Waals surface area contributed by atoms with Gasteiger partial charge in [0, 0.05) is 18.8 Å². The lowest BCUT2D eigenvalue weighted by Gasteiger charge is -2.22. The molecule has 1 aromatic heterocycles. The highest BCUT2D eigenvalue weighted by Crippen LogP contribution is 2.15. The first-order valence-electron chi connectivity index (χ1n) is 6.39. The smallest absolute Gasteiger partial charge is 0.224 e. The summed E-state index contributed by atoms with van der Waals surface area (Å²) >= 11 is 0. The summed E-state index contributed by atoms with van der Waals surface area (Å²) in [6, 6.07) is 3.71. The summed E-state index contributed by atoms with van der Waals surface area (Å²) in [5.41, 5.74) is 1.21. The molecule has 0 aliphatic carbocycles. The van der Waals surface area contributed by atoms with Gasteiger partial charge in [-0.25, -0.2) is 9.97 Å². The van der Waals surface area contributed by atoms with Crippen LogP contribution in [0.1, 0.15) is 37.1 Å². The summed E-state index contributed by atoms with van der Waals surface area (Å²) in [7, 11) is 0. The molecule has 2 rings (SSSR count). The first-order chi connectivity index (χ1) is 8.78. The Bertz CT molecular complexity index is 435. The SMILES string of the molecule is Cc1cc(C#N)nc(NCCC2CCCCO2)n1. The predicted octanol–water partition coefficient (Wildman–Crippen LogP) is 2.03. The number of aromatic nitrogens is 2. The summed E-state index contributed by atoms with van der Waals surface area (Å²) in [6.07, 6.45) is 4.88. The van der Waals surface area contributed by atoms with Crippen LogP contribution in [0, 0.1) is 18.3 Å². The van der Waals surface area contributed by atoms with Gasteiger partial charge >= 0.3 is 0 Å². The van der Waals surface area contributed by atoms with E-state index in [4.69, 9.17) is 10.00 Å². The standard InChI is InChI=1S/C13H18N4O/c1-10-8-11(9-14)17-13(16-10)15-6-5-12-4-2-3-7-18-12/h8,12H,2-7H2,1H3,(H,15,16,17). The number of anilines is 1. The Morgan fingerprint density at radius 3 is 3.11 bits per heavy atom. The zero-order valence-electron chi connectivity index (χ0n) is 10.6. The Morgan fingerprint density at radius 1 is 1.50 bits per heavy atom. The molecule has 0 radical (unpaired) electrons. The molecule has 1 aliphatic heterocycles. The average Bonchev–Trinajstić information content (AvgIpc) is 2.39. The van der Waals surface area contributed by atoms with E-state index >= 15 is 0 Å². The number of hydrogen-bond acceptors (Lipinski definition) is 5. The maximum absolute atomic E-state index is 8.83. The second kappa shape index (κ2) is 6.31. The molecule has 1 unspecified atom stereocenters. The molecule has 1 fully saturated rings. The molecule has 1 N–H and O–H groups in total. The van der Waals surface area contributed by atoms with E-state index in [0.29, 0.717) is 17.7 Å². The molecule has 1 aromatic rings. The van der Waals surface area contributed by atoms with Crippen molar-refractivity contribution in [3.05, 3.63) is 17.5 Å². The van der Waals surface area contributed by atoms with Gasteiger partial charge in [0.25, 0.3) is 0 Å². The zero-order valence-corrected chi connectivity index (χ0v) is 10.6. The molecular weight excluding hydrogens is 228 g/mol. The Kier molecular flexibility index (Phi) is 4.48. The molecule has 1 atom stereocenters. The number of aryl methyl sites for hydroxylation is 1. The molecule has 0 amide bonds. The maximum atomic E-state index is 8.83. The summed E-state index contributed by atoms with van der Waals surface area (Å²) in [5, 5.41) is 12.0. The molecule has 96 valence electrons. The van der Waals surface area contributed by atoms with Gasteiger partial charge in [-0.15, -0.1) is 0 Å². The van der Waals surface area contributed by atoms with Crippen molar-refractivity contribution in [3.63, 3.8) is 0 Å². The van der Waals surface area contributed by atoms with Gasteiger partial charge in [0.15, 0.2) is 0 Å². The lowest BCUT2D eigenvalue weighted by atomic mass is 10.1. The highest BCUT2D eigenvalue weighted by Gasteiger charge is 2.13. The largest absolute Gasteiger partial charge is 0.378 e. The van der Waals surface area contributed by atoms with Crippen LogP contribution in [0.15, 0.2) is 6.07 Å². The van der Waals surface area contributed by atoms with Gasteiger partial charge in [0.1, 0.15) is 11.8 Å². The predicted molar refractivity (Wildman–Crippen MR) is 68.2 cm³/mol. The molecule has 1 aliphatic rings. The minimum atomic E-state index is 0.353. The van der Waals surface area contributed by atoms with Crippen molar-refractivity contribution in [3.8, 4) is 6.07 Å². The summed E-state index contributed by atoms with van der Waals surface area (Å²) in [5.74, 6) is 0.530. The van der Waals surface area contributed by atoms with Crippen LogP contribution in [0.5, 0.6) is 0 Å². The number of hydrogen-bond donors (Lipinski definition) is 1. The first-order valence-corrected chi connectivity index (χ1v) is 6.39. The van der Waals surface area contributed by atoms with Crippen LogP contribution < -0.4 is 5.32 Å². The van der Waals surface area contributed by atoms with Crippen molar-refractivity contribution in [2.45, 2.75) is 38.7 Å². The third-order valence-corrected chi connectivity index (χ3v) is 2.99. The molecule has 5 nitrogen and oxygen atoms in total. The number of nitriles is 1. The molecule has 0 bridgehead atoms. The molecule has 1 saturated heterocycles. The molecule has 0 spiro atoms. The molecule has 0 saturated carbocycles. The van der Waals surface area contributed by atoms with Crippen LogP contribution in [0.4, 0.5) is 5.95 Å². The number of ether oxygens (including phenoxy) is 1. The Labute approximate surface area is 107 Å². The van der Waals surface area contributed by atoms with Crippen molar-refractivity contribution in [2.24, 2.45) is 0 Å². The second-order valence-electron chi connectivity index (χ2n) is 4.53. The quantitative estimate of drug-likeness (QED) is 0.880. The molecule has 2 heterocycles. The van der Waals surface area contributed by atoms with E-state index in [1.807, 2.05) is 13.0 Å². The van der Waals surface area contributed by atoms with E-state index in [1.54, 1.807) is 6.07 Å². The average molecular weight is 246 g/mol. The van der Waals surface area contributed by atoms with Gasteiger partial charge in [0.05, 0.1) is 6.10 Å². The van der Waals surface area contributed by atoms with Crippen LogP contribution in [-0.4, -0.2) is 29.2 Å². The highest BCUT2D eigenvalue weighted by atomic mass is 16.5. The van der Waals surface area contributed by atoms with Crippen molar-refractivity contribution in [1.82, 2.24) is 9.97 Å². The van der Waals surface area contributed by atoms with Crippen molar-refractivity contribution >= 4 is 5.95 Å². The Hall–Kier alpha value is -1.67. The second-order valence-corrected chi connectivity index (χ2v) is 4.53. The Balaban J connectivity index is 1.82. The third kappa shape index (κ3) is 3.67. The summed E-state index contributed by atoms with van der Waals surface area (Å²) < 4.78 is 5.65. The van der Waals surface area contributed by atoms with Crippen molar-refractivity contribution in [2.75, 3.05) is 18.5 Å². The minimum absolute atomic E-state index is 0.353. The first kappa shape index (κ1) is 12.8. The van der Waals surface area contributed by atoms with Gasteiger partial charge in [-0.2, -0.15) is 5.26 Å². The van der Waals surface area contributed by atoms with E-state index in [2.05, 4.69) is 15.3 Å². The molecular formula is C13H18N4O. The van der Waals surface area contributed by atoms with Crippen molar-refractivity contribution < 1.29 is 4.74 Å². The summed E-state index contributed by atoms with van der Waals surface area (Å²) in [4.78, 5) is 8.36. The number of nitrogens with zero attached hydrogens (tertiary/aromatic N) is 3. The lowest BCUT2D eigenvalue weighted by Crippen LogP contribution is -2.22. The fraction of sp³-hybridized carbons (Fsp3) is 0.615. The van der Waals surface area contributed by atoms with E-state index < -0.39 is 0 Å². The zero-order chi connectivity index (χ0) is 12.8. The van der Waals surface area contributed by atoms with Crippen LogP contribution in [0.3, 0.4) is 0 Å². The van der Waals surface area contributed by atoms with Gasteiger partial charge < -0.3 is 10.1 Å². The minimum Gasteiger partial charge on any atom is -0.378 e. The van der Waals surface area contributed by atoms with Gasteiger partial charge in [-0.1, -0.05) is 0 Å². The highest BCUT2D eigenvalue weighted by molar-refractivity contribution is 5.32. The van der Waals surface area contributed by atoms with Crippen molar-refractivity contribution in [1.29, 1.82) is 5.26 Å². The van der Waals surface area contributed by atoms with Crippen LogP contribution in [0.25, 0.3) is 0 Å². The van der Waals surface area contributed by atoms with Crippen LogP contribution >= 0.6 is 0 Å². The molecule has 5 heteroatoms. The van der Waals surface area contributed by atoms with Gasteiger partial charge in [-0.05, 0) is 38.7 Å². The topological polar surface area (TPSA) is 70.8 Å². The van der Waals surface area contributed by atoms with Crippen LogP contribution in [0.2, 0.25) is 0 Å². The fourth-order valence-electron chi connectivity index (χ4n) is 2.08. The Morgan fingerprint density at radius 2 is 2.39 bits per heavy atom.